The van der Waals surface area contributed by atoms with Crippen LogP contribution in [0.5, 0.6) is 5.75 Å². The highest BCUT2D eigenvalue weighted by atomic mass is 16.5. The van der Waals surface area contributed by atoms with E-state index in [4.69, 9.17) is 10.00 Å². The van der Waals surface area contributed by atoms with Crippen LogP contribution in [-0.4, -0.2) is 23.6 Å². The topological polar surface area (TPSA) is 82.9 Å². The summed E-state index contributed by atoms with van der Waals surface area (Å²) in [6.45, 7) is 4.65. The molecule has 21 heavy (non-hydrogen) atoms. The third kappa shape index (κ3) is 3.60. The van der Waals surface area contributed by atoms with Crippen molar-refractivity contribution in [1.82, 2.24) is 9.97 Å². The Morgan fingerprint density at radius 1 is 1.29 bits per heavy atom. The number of aryl methyl sites for hydroxylation is 1. The van der Waals surface area contributed by atoms with Crippen LogP contribution >= 0.6 is 0 Å². The van der Waals surface area contributed by atoms with Crippen LogP contribution in [-0.2, 0) is 0 Å². The van der Waals surface area contributed by atoms with Crippen molar-refractivity contribution < 1.29 is 4.74 Å². The summed E-state index contributed by atoms with van der Waals surface area (Å²) in [5.41, 5.74) is 2.15. The van der Waals surface area contributed by atoms with E-state index in [9.17, 15) is 0 Å². The number of nitriles is 1. The van der Waals surface area contributed by atoms with Crippen molar-refractivity contribution in [3.63, 3.8) is 0 Å². The molecule has 0 bridgehead atoms. The molecule has 1 heterocycles. The predicted molar refractivity (Wildman–Crippen MR) is 81.9 cm³/mol. The summed E-state index contributed by atoms with van der Waals surface area (Å²) >= 11 is 0. The van der Waals surface area contributed by atoms with Crippen molar-refractivity contribution in [3.8, 4) is 11.8 Å². The standard InChI is InChI=1S/C15H17N5O/c1-4-17-15-18-10(2)7-14(20-15)19-12-6-5-11(9-16)8-13(12)21-3/h5-8H,4H2,1-3H3,(H2,17,18,19,20). The summed E-state index contributed by atoms with van der Waals surface area (Å²) < 4.78 is 5.30. The molecule has 2 rings (SSSR count). The van der Waals surface area contributed by atoms with Crippen LogP contribution in [0, 0.1) is 18.3 Å². The molecule has 1 aromatic carbocycles. The van der Waals surface area contributed by atoms with Crippen molar-refractivity contribution in [2.24, 2.45) is 0 Å². The van der Waals surface area contributed by atoms with Crippen LogP contribution in [0.1, 0.15) is 18.2 Å². The molecule has 0 aliphatic rings. The number of hydrogen-bond donors (Lipinski definition) is 2. The maximum absolute atomic E-state index is 8.92. The minimum Gasteiger partial charge on any atom is -0.495 e. The largest absolute Gasteiger partial charge is 0.495 e. The third-order valence-corrected chi connectivity index (χ3v) is 2.78. The van der Waals surface area contributed by atoms with Crippen LogP contribution in [0.15, 0.2) is 24.3 Å². The normalized spacial score (nSPS) is 9.81. The SMILES string of the molecule is CCNc1nc(C)cc(Nc2ccc(C#N)cc2OC)n1. The van der Waals surface area contributed by atoms with Gasteiger partial charge in [-0.1, -0.05) is 0 Å². The molecule has 0 radical (unpaired) electrons. The first-order valence-electron chi connectivity index (χ1n) is 6.61. The Kier molecular flexibility index (Phi) is 4.57. The van der Waals surface area contributed by atoms with Crippen molar-refractivity contribution in [2.45, 2.75) is 13.8 Å². The number of hydrogen-bond acceptors (Lipinski definition) is 6. The van der Waals surface area contributed by atoms with Gasteiger partial charge in [0.05, 0.1) is 24.4 Å². The van der Waals surface area contributed by atoms with Gasteiger partial charge in [-0.25, -0.2) is 4.98 Å². The maximum atomic E-state index is 8.92. The summed E-state index contributed by atoms with van der Waals surface area (Å²) in [5.74, 6) is 1.84. The molecule has 108 valence electrons. The van der Waals surface area contributed by atoms with Crippen molar-refractivity contribution >= 4 is 17.5 Å². The number of rotatable bonds is 5. The summed E-state index contributed by atoms with van der Waals surface area (Å²) in [7, 11) is 1.57. The quantitative estimate of drug-likeness (QED) is 0.878. The molecule has 6 nitrogen and oxygen atoms in total. The molecule has 1 aromatic heterocycles. The van der Waals surface area contributed by atoms with E-state index in [0.29, 0.717) is 23.1 Å². The van der Waals surface area contributed by atoms with E-state index < -0.39 is 0 Å². The van der Waals surface area contributed by atoms with Crippen molar-refractivity contribution in [2.75, 3.05) is 24.3 Å². The number of benzene rings is 1. The highest BCUT2D eigenvalue weighted by Gasteiger charge is 2.07. The van der Waals surface area contributed by atoms with E-state index in [1.165, 1.54) is 0 Å². The zero-order chi connectivity index (χ0) is 15.2. The van der Waals surface area contributed by atoms with Gasteiger partial charge in [0.2, 0.25) is 5.95 Å². The second kappa shape index (κ2) is 6.57. The lowest BCUT2D eigenvalue weighted by Crippen LogP contribution is -2.05. The number of methoxy groups -OCH3 is 1. The zero-order valence-corrected chi connectivity index (χ0v) is 12.3. The van der Waals surface area contributed by atoms with E-state index >= 15 is 0 Å². The van der Waals surface area contributed by atoms with Crippen LogP contribution < -0.4 is 15.4 Å². The first kappa shape index (κ1) is 14.6. The van der Waals surface area contributed by atoms with Crippen LogP contribution in [0.4, 0.5) is 17.5 Å². The van der Waals surface area contributed by atoms with Crippen molar-refractivity contribution in [3.05, 3.63) is 35.5 Å². The van der Waals surface area contributed by atoms with Gasteiger partial charge in [-0.2, -0.15) is 10.2 Å². The first-order chi connectivity index (χ1) is 10.2. The Morgan fingerprint density at radius 2 is 2.10 bits per heavy atom. The van der Waals surface area contributed by atoms with Gasteiger partial charge in [-0.3, -0.25) is 0 Å². The molecule has 0 aliphatic heterocycles. The fraction of sp³-hybridized carbons (Fsp3) is 0.267. The predicted octanol–water partition coefficient (Wildman–Crippen LogP) is 2.84. The van der Waals surface area contributed by atoms with E-state index in [2.05, 4.69) is 26.7 Å². The molecular weight excluding hydrogens is 266 g/mol. The molecule has 0 aliphatic carbocycles. The molecular formula is C15H17N5O. The Bertz CT molecular complexity index is 678. The first-order valence-corrected chi connectivity index (χ1v) is 6.61. The van der Waals surface area contributed by atoms with E-state index in [0.717, 1.165) is 17.9 Å². The Balaban J connectivity index is 2.31. The van der Waals surface area contributed by atoms with Gasteiger partial charge < -0.3 is 15.4 Å². The van der Waals surface area contributed by atoms with Crippen molar-refractivity contribution in [1.29, 1.82) is 5.26 Å². The minimum atomic E-state index is 0.546. The fourth-order valence-corrected chi connectivity index (χ4v) is 1.87. The lowest BCUT2D eigenvalue weighted by molar-refractivity contribution is 0.416. The Hall–Kier alpha value is -2.81. The molecule has 0 saturated heterocycles. The zero-order valence-electron chi connectivity index (χ0n) is 12.3. The fourth-order valence-electron chi connectivity index (χ4n) is 1.87. The molecule has 6 heteroatoms. The van der Waals surface area contributed by atoms with Gasteiger partial charge >= 0.3 is 0 Å². The van der Waals surface area contributed by atoms with Gasteiger partial charge in [0.15, 0.2) is 0 Å². The lowest BCUT2D eigenvalue weighted by Gasteiger charge is -2.12. The van der Waals surface area contributed by atoms with E-state index in [-0.39, 0.29) is 0 Å². The smallest absolute Gasteiger partial charge is 0.224 e. The molecule has 0 spiro atoms. The molecule has 0 fully saturated rings. The number of nitrogens with zero attached hydrogens (tertiary/aromatic N) is 3. The highest BCUT2D eigenvalue weighted by molar-refractivity contribution is 5.66. The lowest BCUT2D eigenvalue weighted by atomic mass is 10.2. The second-order valence-electron chi connectivity index (χ2n) is 4.40. The number of anilines is 3. The van der Waals surface area contributed by atoms with E-state index in [1.54, 1.807) is 25.3 Å². The second-order valence-corrected chi connectivity index (χ2v) is 4.40. The molecule has 0 atom stereocenters. The Morgan fingerprint density at radius 3 is 2.76 bits per heavy atom. The Labute approximate surface area is 123 Å². The number of nitrogens with one attached hydrogen (secondary N) is 2. The molecule has 2 aromatic rings. The number of ether oxygens (including phenoxy) is 1. The molecule has 0 unspecified atom stereocenters. The van der Waals surface area contributed by atoms with Gasteiger partial charge in [0.1, 0.15) is 11.6 Å². The highest BCUT2D eigenvalue weighted by Crippen LogP contribution is 2.28. The van der Waals surface area contributed by atoms with E-state index in [1.807, 2.05) is 19.9 Å². The average Bonchev–Trinajstić information content (AvgIpc) is 2.47. The van der Waals surface area contributed by atoms with Gasteiger partial charge in [-0.05, 0) is 26.0 Å². The third-order valence-electron chi connectivity index (χ3n) is 2.78. The van der Waals surface area contributed by atoms with Gasteiger partial charge in [0.25, 0.3) is 0 Å². The molecule has 0 saturated carbocycles. The van der Waals surface area contributed by atoms with Gasteiger partial charge in [0, 0.05) is 24.4 Å². The number of aromatic nitrogens is 2. The summed E-state index contributed by atoms with van der Waals surface area (Å²) in [6, 6.07) is 9.13. The summed E-state index contributed by atoms with van der Waals surface area (Å²) in [6.07, 6.45) is 0. The average molecular weight is 283 g/mol. The molecule has 0 amide bonds. The monoisotopic (exact) mass is 283 g/mol. The van der Waals surface area contributed by atoms with Crippen LogP contribution in [0.25, 0.3) is 0 Å². The summed E-state index contributed by atoms with van der Waals surface area (Å²) in [4.78, 5) is 8.68. The minimum absolute atomic E-state index is 0.546. The van der Waals surface area contributed by atoms with Crippen LogP contribution in [0.2, 0.25) is 0 Å². The van der Waals surface area contributed by atoms with Crippen LogP contribution in [0.3, 0.4) is 0 Å². The maximum Gasteiger partial charge on any atom is 0.224 e. The van der Waals surface area contributed by atoms with Gasteiger partial charge in [-0.15, -0.1) is 0 Å². The summed E-state index contributed by atoms with van der Waals surface area (Å²) in [5, 5.41) is 15.2. The molecule has 2 N–H and O–H groups in total.